The minimum absolute atomic E-state index is 0.434. The lowest BCUT2D eigenvalue weighted by molar-refractivity contribution is 0.935. The van der Waals surface area contributed by atoms with Gasteiger partial charge in [-0.3, -0.25) is 5.01 Å². The second-order valence-electron chi connectivity index (χ2n) is 3.55. The maximum absolute atomic E-state index is 5.81. The third-order valence-corrected chi connectivity index (χ3v) is 2.58. The Hall–Kier alpha value is -2.11. The van der Waals surface area contributed by atoms with E-state index in [-0.39, 0.29) is 0 Å². The third-order valence-electron chi connectivity index (χ3n) is 2.58. The summed E-state index contributed by atoms with van der Waals surface area (Å²) >= 11 is 0. The first-order valence-electron chi connectivity index (χ1n) is 5.56. The van der Waals surface area contributed by atoms with Crippen LogP contribution in [-0.2, 0) is 7.05 Å². The summed E-state index contributed by atoms with van der Waals surface area (Å²) in [7, 11) is 3.80. The fourth-order valence-corrected chi connectivity index (χ4v) is 1.89. The molecule has 6 heteroatoms. The fraction of sp³-hybridized carbons (Fsp3) is 0.364. The fourth-order valence-electron chi connectivity index (χ4n) is 1.89. The van der Waals surface area contributed by atoms with Crippen molar-refractivity contribution in [1.82, 2.24) is 14.5 Å². The van der Waals surface area contributed by atoms with E-state index in [0.717, 1.165) is 16.7 Å². The van der Waals surface area contributed by atoms with E-state index in [0.29, 0.717) is 11.5 Å². The predicted molar refractivity (Wildman–Crippen MR) is 69.0 cm³/mol. The summed E-state index contributed by atoms with van der Waals surface area (Å²) in [6.45, 7) is 4.00. The number of rotatable bonds is 0. The molecule has 0 amide bonds. The van der Waals surface area contributed by atoms with Gasteiger partial charge in [-0.15, -0.1) is 0 Å². The van der Waals surface area contributed by atoms with Gasteiger partial charge in [-0.2, -0.15) is 5.10 Å². The number of nitrogens with two attached hydrogens (primary N) is 1. The largest absolute Gasteiger partial charge is 0.380 e. The van der Waals surface area contributed by atoms with Crippen LogP contribution in [0.15, 0.2) is 17.6 Å². The summed E-state index contributed by atoms with van der Waals surface area (Å²) in [4.78, 5) is 8.39. The standard InChI is InChI=1S/C9H10N6.C2H6/c1-14-3-5-6-7(8(10)13-15(5)2)11-4-12-9(6)14;1-2/h3-4H,1-2H3,(H2,10,13);1-2H3. The molecule has 0 saturated carbocycles. The van der Waals surface area contributed by atoms with Gasteiger partial charge in [0.1, 0.15) is 17.7 Å². The topological polar surface area (TPSA) is 72.3 Å². The van der Waals surface area contributed by atoms with Crippen molar-refractivity contribution in [3.63, 3.8) is 0 Å². The van der Waals surface area contributed by atoms with E-state index in [1.807, 2.05) is 38.7 Å². The van der Waals surface area contributed by atoms with Crippen LogP contribution < -0.4 is 10.7 Å². The van der Waals surface area contributed by atoms with E-state index >= 15 is 0 Å². The summed E-state index contributed by atoms with van der Waals surface area (Å²) in [5, 5.41) is 6.90. The van der Waals surface area contributed by atoms with Gasteiger partial charge in [0, 0.05) is 20.3 Å². The maximum atomic E-state index is 5.81. The molecule has 1 aliphatic heterocycles. The zero-order valence-electron chi connectivity index (χ0n) is 10.5. The average Bonchev–Trinajstić information content (AvgIpc) is 2.68. The van der Waals surface area contributed by atoms with E-state index < -0.39 is 0 Å². The molecule has 0 spiro atoms. The van der Waals surface area contributed by atoms with Gasteiger partial charge in [-0.25, -0.2) is 9.97 Å². The molecule has 0 radical (unpaired) electrons. The van der Waals surface area contributed by atoms with Crippen molar-refractivity contribution in [3.05, 3.63) is 18.2 Å². The van der Waals surface area contributed by atoms with Crippen LogP contribution in [0.2, 0.25) is 0 Å². The first kappa shape index (κ1) is 11.4. The minimum atomic E-state index is 0.434. The molecule has 2 N–H and O–H groups in total. The number of hydrogen-bond donors (Lipinski definition) is 1. The van der Waals surface area contributed by atoms with Crippen LogP contribution in [0.3, 0.4) is 0 Å². The number of hydrogen-bond acceptors (Lipinski definition) is 5. The number of anilines is 1. The molecule has 0 saturated heterocycles. The highest BCUT2D eigenvalue weighted by Gasteiger charge is 2.22. The molecular formula is C11H16N6. The number of aryl methyl sites for hydroxylation is 1. The van der Waals surface area contributed by atoms with Crippen molar-refractivity contribution in [1.29, 1.82) is 0 Å². The molecule has 0 atom stereocenters. The molecule has 17 heavy (non-hydrogen) atoms. The Balaban J connectivity index is 0.000000514. The van der Waals surface area contributed by atoms with Crippen LogP contribution in [0.25, 0.3) is 11.0 Å². The van der Waals surface area contributed by atoms with Crippen LogP contribution in [0.4, 0.5) is 5.69 Å². The molecular weight excluding hydrogens is 216 g/mol. The quantitative estimate of drug-likeness (QED) is 0.737. The summed E-state index contributed by atoms with van der Waals surface area (Å²) in [6.07, 6.45) is 3.48. The molecule has 90 valence electrons. The van der Waals surface area contributed by atoms with Gasteiger partial charge < -0.3 is 10.3 Å². The Labute approximate surface area is 99.8 Å². The highest BCUT2D eigenvalue weighted by molar-refractivity contribution is 6.12. The smallest absolute Gasteiger partial charge is 0.170 e. The molecule has 0 aromatic carbocycles. The Morgan fingerprint density at radius 1 is 1.18 bits per heavy atom. The normalized spacial score (nSPS) is 13.2. The molecule has 6 nitrogen and oxygen atoms in total. The van der Waals surface area contributed by atoms with Crippen molar-refractivity contribution < 1.29 is 0 Å². The Morgan fingerprint density at radius 2 is 1.88 bits per heavy atom. The Bertz CT molecular complexity index is 583. The first-order valence-corrected chi connectivity index (χ1v) is 5.56. The van der Waals surface area contributed by atoms with Crippen LogP contribution in [0.5, 0.6) is 0 Å². The summed E-state index contributed by atoms with van der Waals surface area (Å²) in [5.74, 6) is 0.434. The number of amidine groups is 1. The summed E-state index contributed by atoms with van der Waals surface area (Å²) < 4.78 is 1.94. The minimum Gasteiger partial charge on any atom is -0.380 e. The van der Waals surface area contributed by atoms with Gasteiger partial charge in [0.25, 0.3) is 0 Å². The maximum Gasteiger partial charge on any atom is 0.170 e. The van der Waals surface area contributed by atoms with E-state index in [1.165, 1.54) is 6.33 Å². The second kappa shape index (κ2) is 4.04. The lowest BCUT2D eigenvalue weighted by atomic mass is 10.2. The summed E-state index contributed by atoms with van der Waals surface area (Å²) in [5.41, 5.74) is 8.39. The van der Waals surface area contributed by atoms with Gasteiger partial charge in [0.05, 0.1) is 11.1 Å². The lowest BCUT2D eigenvalue weighted by Gasteiger charge is -2.17. The molecule has 3 rings (SSSR count). The second-order valence-corrected chi connectivity index (χ2v) is 3.55. The molecule has 0 bridgehead atoms. The van der Waals surface area contributed by atoms with Crippen LogP contribution in [0.1, 0.15) is 19.5 Å². The first-order chi connectivity index (χ1) is 8.18. The number of nitrogens with zero attached hydrogens (tertiary/aromatic N) is 5. The number of aromatic nitrogens is 3. The van der Waals surface area contributed by atoms with Crippen molar-refractivity contribution in [2.24, 2.45) is 17.9 Å². The van der Waals surface area contributed by atoms with Crippen LogP contribution in [-0.4, -0.2) is 27.4 Å². The molecule has 0 fully saturated rings. The molecule has 1 aliphatic rings. The van der Waals surface area contributed by atoms with Crippen molar-refractivity contribution in [2.75, 3.05) is 12.1 Å². The van der Waals surface area contributed by atoms with E-state index in [9.17, 15) is 0 Å². The van der Waals surface area contributed by atoms with Gasteiger partial charge in [0.15, 0.2) is 5.84 Å². The highest BCUT2D eigenvalue weighted by Crippen LogP contribution is 2.31. The molecule has 2 aromatic heterocycles. The monoisotopic (exact) mass is 232 g/mol. The predicted octanol–water partition coefficient (Wildman–Crippen LogP) is 1.06. The van der Waals surface area contributed by atoms with E-state index in [4.69, 9.17) is 5.73 Å². The molecule has 0 unspecified atom stereocenters. The summed E-state index contributed by atoms with van der Waals surface area (Å²) in [6, 6.07) is 0. The van der Waals surface area contributed by atoms with Gasteiger partial charge in [-0.1, -0.05) is 13.8 Å². The van der Waals surface area contributed by atoms with Crippen molar-refractivity contribution >= 4 is 22.6 Å². The third kappa shape index (κ3) is 1.52. The van der Waals surface area contributed by atoms with Gasteiger partial charge in [-0.05, 0) is 0 Å². The zero-order valence-corrected chi connectivity index (χ0v) is 10.5. The lowest BCUT2D eigenvalue weighted by Crippen LogP contribution is -2.25. The zero-order chi connectivity index (χ0) is 12.6. The SMILES string of the molecule is CC.CN1N=C(N)c2ncnc3c2c1cn3C. The molecule has 3 heterocycles. The molecule has 0 aliphatic carbocycles. The van der Waals surface area contributed by atoms with Crippen molar-refractivity contribution in [2.45, 2.75) is 13.8 Å². The highest BCUT2D eigenvalue weighted by atomic mass is 15.5. The average molecular weight is 232 g/mol. The van der Waals surface area contributed by atoms with Crippen LogP contribution >= 0.6 is 0 Å². The van der Waals surface area contributed by atoms with Gasteiger partial charge in [0.2, 0.25) is 0 Å². The Kier molecular flexibility index (Phi) is 2.71. The molecule has 2 aromatic rings. The van der Waals surface area contributed by atoms with Crippen molar-refractivity contribution in [3.8, 4) is 0 Å². The van der Waals surface area contributed by atoms with E-state index in [1.54, 1.807) is 5.01 Å². The Morgan fingerprint density at radius 3 is 2.59 bits per heavy atom. The van der Waals surface area contributed by atoms with Gasteiger partial charge >= 0.3 is 0 Å². The van der Waals surface area contributed by atoms with E-state index in [2.05, 4.69) is 15.1 Å². The van der Waals surface area contributed by atoms with Crippen LogP contribution in [0, 0.1) is 0 Å². The number of hydrazone groups is 1.